The summed E-state index contributed by atoms with van der Waals surface area (Å²) in [5.74, 6) is 0.891. The lowest BCUT2D eigenvalue weighted by atomic mass is 10.1. The molecule has 0 atom stereocenters. The third-order valence-electron chi connectivity index (χ3n) is 2.89. The van der Waals surface area contributed by atoms with Crippen LogP contribution in [0.3, 0.4) is 0 Å². The van der Waals surface area contributed by atoms with Crippen LogP contribution in [-0.2, 0) is 0 Å². The molecule has 0 N–H and O–H groups in total. The van der Waals surface area contributed by atoms with E-state index in [0.29, 0.717) is 0 Å². The Hall–Kier alpha value is -1.81. The third kappa shape index (κ3) is 3.02. The molecule has 1 aromatic carbocycles. The Balaban J connectivity index is 0.00000147. The zero-order valence-electron chi connectivity index (χ0n) is 11.5. The molecule has 0 amide bonds. The van der Waals surface area contributed by atoms with Crippen LogP contribution in [-0.4, -0.2) is 15.5 Å². The second-order valence-electron chi connectivity index (χ2n) is 4.78. The number of hydrogen-bond donors (Lipinski definition) is 0. The molecule has 0 saturated carbocycles. The quantitative estimate of drug-likeness (QED) is 0.709. The van der Waals surface area contributed by atoms with E-state index in [2.05, 4.69) is 4.98 Å². The Kier molecular flexibility index (Phi) is 4.45. The summed E-state index contributed by atoms with van der Waals surface area (Å²) in [5, 5.41) is 0. The number of hydrogen-bond acceptors (Lipinski definition) is 2. The van der Waals surface area contributed by atoms with Crippen molar-refractivity contribution in [3.8, 4) is 17.0 Å². The number of fused-ring (bicyclic) bond motifs is 1. The summed E-state index contributed by atoms with van der Waals surface area (Å²) >= 11 is 0. The fraction of sp³-hybridized carbons (Fsp3) is 0.188. The summed E-state index contributed by atoms with van der Waals surface area (Å²) in [4.78, 5) is 4.60. The molecule has 0 fully saturated rings. The topological polar surface area (TPSA) is 26.5 Å². The first-order valence-corrected chi connectivity index (χ1v) is 6.43. The Morgan fingerprint density at radius 3 is 2.45 bits per heavy atom. The summed E-state index contributed by atoms with van der Waals surface area (Å²) in [5.41, 5.74) is 3.03. The largest absolute Gasteiger partial charge is 1.00 e. The fourth-order valence-corrected chi connectivity index (χ4v) is 2.05. The number of rotatable bonds is 3. The summed E-state index contributed by atoms with van der Waals surface area (Å²) in [6, 6.07) is 14.0. The van der Waals surface area contributed by atoms with Gasteiger partial charge in [-0.3, -0.25) is 0 Å². The van der Waals surface area contributed by atoms with E-state index >= 15 is 0 Å². The van der Waals surface area contributed by atoms with E-state index in [1.807, 2.05) is 73.1 Å². The van der Waals surface area contributed by atoms with Crippen molar-refractivity contribution in [2.45, 2.75) is 20.0 Å². The average molecular weight is 332 g/mol. The van der Waals surface area contributed by atoms with E-state index < -0.39 is 0 Å². The Bertz CT molecular complexity index is 656. The molecule has 0 radical (unpaired) electrons. The van der Waals surface area contributed by atoms with Crippen molar-refractivity contribution in [1.29, 1.82) is 0 Å². The molecular weight excluding hydrogens is 316 g/mol. The zero-order valence-corrected chi connectivity index (χ0v) is 13.0. The lowest BCUT2D eigenvalue weighted by molar-refractivity contribution is -0.00000521. The number of aromatic nitrogens is 2. The van der Waals surface area contributed by atoms with Crippen molar-refractivity contribution >= 4 is 5.65 Å². The van der Waals surface area contributed by atoms with Crippen LogP contribution in [0.25, 0.3) is 16.9 Å². The molecule has 3 nitrogen and oxygen atoms in total. The highest BCUT2D eigenvalue weighted by molar-refractivity contribution is 5.63. The van der Waals surface area contributed by atoms with Crippen LogP contribution in [0.5, 0.6) is 5.75 Å². The molecule has 2 heterocycles. The minimum atomic E-state index is 0. The minimum Gasteiger partial charge on any atom is -1.00 e. The molecule has 3 aromatic rings. The first-order valence-electron chi connectivity index (χ1n) is 6.43. The van der Waals surface area contributed by atoms with Gasteiger partial charge >= 0.3 is 0 Å². The first-order chi connectivity index (χ1) is 9.22. The molecule has 0 aliphatic carbocycles. The highest BCUT2D eigenvalue weighted by atomic mass is 79.9. The molecule has 0 saturated heterocycles. The minimum absolute atomic E-state index is 0. The molecule has 0 bridgehead atoms. The smallest absolute Gasteiger partial charge is 0.137 e. The molecule has 2 aromatic heterocycles. The van der Waals surface area contributed by atoms with E-state index in [0.717, 1.165) is 22.7 Å². The normalized spacial score (nSPS) is 10.6. The van der Waals surface area contributed by atoms with Gasteiger partial charge in [0.25, 0.3) is 0 Å². The molecule has 0 aliphatic rings. The Morgan fingerprint density at radius 2 is 1.80 bits per heavy atom. The monoisotopic (exact) mass is 331 g/mol. The average Bonchev–Trinajstić information content (AvgIpc) is 2.82. The van der Waals surface area contributed by atoms with Crippen LogP contribution in [0.2, 0.25) is 0 Å². The maximum absolute atomic E-state index is 5.64. The molecule has 0 spiro atoms. The Labute approximate surface area is 129 Å². The molecule has 0 unspecified atom stereocenters. The van der Waals surface area contributed by atoms with E-state index in [1.54, 1.807) is 0 Å². The highest BCUT2D eigenvalue weighted by Gasteiger charge is 2.04. The maximum Gasteiger partial charge on any atom is 0.137 e. The van der Waals surface area contributed by atoms with Gasteiger partial charge in [-0.15, -0.1) is 0 Å². The summed E-state index contributed by atoms with van der Waals surface area (Å²) in [7, 11) is 0. The van der Waals surface area contributed by atoms with Crippen LogP contribution < -0.4 is 21.7 Å². The van der Waals surface area contributed by atoms with Gasteiger partial charge in [0.2, 0.25) is 0 Å². The van der Waals surface area contributed by atoms with Gasteiger partial charge in [0, 0.05) is 18.0 Å². The van der Waals surface area contributed by atoms with Crippen LogP contribution in [0.1, 0.15) is 13.8 Å². The van der Waals surface area contributed by atoms with Crippen molar-refractivity contribution in [2.24, 2.45) is 0 Å². The van der Waals surface area contributed by atoms with Crippen LogP contribution in [0, 0.1) is 0 Å². The molecule has 0 aliphatic heterocycles. The van der Waals surface area contributed by atoms with E-state index in [-0.39, 0.29) is 23.1 Å². The van der Waals surface area contributed by atoms with Gasteiger partial charge in [0.05, 0.1) is 11.8 Å². The number of nitrogens with zero attached hydrogens (tertiary/aromatic N) is 2. The molecule has 3 rings (SSSR count). The van der Waals surface area contributed by atoms with Gasteiger partial charge in [-0.05, 0) is 50.2 Å². The second-order valence-corrected chi connectivity index (χ2v) is 4.78. The predicted octanol–water partition coefficient (Wildman–Crippen LogP) is 0.792. The van der Waals surface area contributed by atoms with Gasteiger partial charge < -0.3 is 26.1 Å². The summed E-state index contributed by atoms with van der Waals surface area (Å²) < 4.78 is 7.66. The van der Waals surface area contributed by atoms with Gasteiger partial charge in [-0.1, -0.05) is 6.07 Å². The van der Waals surface area contributed by atoms with Gasteiger partial charge in [0.15, 0.2) is 0 Å². The van der Waals surface area contributed by atoms with Crippen LogP contribution >= 0.6 is 0 Å². The molecular formula is C16H16BrN2O-. The van der Waals surface area contributed by atoms with Crippen molar-refractivity contribution in [3.63, 3.8) is 0 Å². The number of pyridine rings is 1. The van der Waals surface area contributed by atoms with Crippen molar-refractivity contribution < 1.29 is 21.7 Å². The SMILES string of the molecule is CC(C)Oc1ccc(-c2cn3ccccc3n2)cc1.[Br-]. The lowest BCUT2D eigenvalue weighted by Gasteiger charge is -2.09. The summed E-state index contributed by atoms with van der Waals surface area (Å²) in [6.45, 7) is 4.05. The second kappa shape index (κ2) is 6.09. The van der Waals surface area contributed by atoms with E-state index in [9.17, 15) is 0 Å². The van der Waals surface area contributed by atoms with Gasteiger partial charge in [0.1, 0.15) is 11.4 Å². The number of imidazole rings is 1. The highest BCUT2D eigenvalue weighted by Crippen LogP contribution is 2.22. The third-order valence-corrected chi connectivity index (χ3v) is 2.89. The van der Waals surface area contributed by atoms with E-state index in [4.69, 9.17) is 4.74 Å². The maximum atomic E-state index is 5.64. The summed E-state index contributed by atoms with van der Waals surface area (Å²) in [6.07, 6.45) is 4.23. The number of halogens is 1. The number of ether oxygens (including phenoxy) is 1. The van der Waals surface area contributed by atoms with Gasteiger partial charge in [-0.2, -0.15) is 0 Å². The number of benzene rings is 1. The molecule has 4 heteroatoms. The van der Waals surface area contributed by atoms with Crippen LogP contribution in [0.15, 0.2) is 54.9 Å². The van der Waals surface area contributed by atoms with Crippen molar-refractivity contribution in [2.75, 3.05) is 0 Å². The molecule has 104 valence electrons. The standard InChI is InChI=1S/C16H16N2O.BrH/c1-12(2)19-14-8-6-13(7-9-14)15-11-18-10-4-3-5-16(18)17-15;/h3-12H,1-2H3;1H/p-1. The predicted molar refractivity (Wildman–Crippen MR) is 76.4 cm³/mol. The van der Waals surface area contributed by atoms with Crippen molar-refractivity contribution in [1.82, 2.24) is 9.38 Å². The van der Waals surface area contributed by atoms with E-state index in [1.165, 1.54) is 0 Å². The lowest BCUT2D eigenvalue weighted by Crippen LogP contribution is -3.00. The Morgan fingerprint density at radius 1 is 1.05 bits per heavy atom. The van der Waals surface area contributed by atoms with Gasteiger partial charge in [-0.25, -0.2) is 4.98 Å². The zero-order chi connectivity index (χ0) is 13.2. The first kappa shape index (κ1) is 14.6. The molecule has 20 heavy (non-hydrogen) atoms. The fourth-order valence-electron chi connectivity index (χ4n) is 2.05. The van der Waals surface area contributed by atoms with Crippen LogP contribution in [0.4, 0.5) is 0 Å². The van der Waals surface area contributed by atoms with Crippen molar-refractivity contribution in [3.05, 3.63) is 54.9 Å².